The molecule has 2 heterocycles. The van der Waals surface area contributed by atoms with Crippen LogP contribution in [0.15, 0.2) is 56.8 Å². The molecule has 0 spiro atoms. The van der Waals surface area contributed by atoms with Crippen LogP contribution in [0.3, 0.4) is 0 Å². The number of terminal acetylenes is 1. The summed E-state index contributed by atoms with van der Waals surface area (Å²) in [4.78, 5) is 31.0. The molecule has 0 N–H and O–H groups in total. The monoisotopic (exact) mass is 590 g/mol. The molecule has 2 amide bonds. The summed E-state index contributed by atoms with van der Waals surface area (Å²) in [6.45, 7) is 3.06. The average molecular weight is 592 g/mol. The molecule has 0 radical (unpaired) electrons. The van der Waals surface area contributed by atoms with Crippen molar-refractivity contribution in [2.24, 2.45) is 4.99 Å². The number of piperazine rings is 1. The third kappa shape index (κ3) is 5.39. The topological polar surface area (TPSA) is 101 Å². The smallest absolute Gasteiger partial charge is 0.409 e. The number of ether oxygens (including phenoxy) is 1. The fraction of sp³-hybridized carbons (Fsp3) is 0.292. The highest BCUT2D eigenvalue weighted by Gasteiger charge is 2.30. The Labute approximate surface area is 221 Å². The molecule has 0 saturated carbocycles. The lowest BCUT2D eigenvalue weighted by molar-refractivity contribution is 0.0933. The normalized spacial score (nSPS) is 15.1. The van der Waals surface area contributed by atoms with Gasteiger partial charge >= 0.3 is 6.09 Å². The number of carbonyl (C=O) groups is 2. The number of benzene rings is 2. The molecule has 9 nitrogen and oxygen atoms in total. The van der Waals surface area contributed by atoms with Gasteiger partial charge in [0.15, 0.2) is 4.80 Å². The molecule has 36 heavy (non-hydrogen) atoms. The predicted molar refractivity (Wildman–Crippen MR) is 140 cm³/mol. The van der Waals surface area contributed by atoms with Crippen LogP contribution in [-0.4, -0.2) is 67.0 Å². The van der Waals surface area contributed by atoms with Crippen LogP contribution in [0.25, 0.3) is 10.2 Å². The second-order valence-corrected chi connectivity index (χ2v) is 11.7. The molecule has 1 saturated heterocycles. The van der Waals surface area contributed by atoms with Crippen LogP contribution in [0, 0.1) is 12.3 Å². The van der Waals surface area contributed by atoms with E-state index in [1.54, 1.807) is 11.5 Å². The van der Waals surface area contributed by atoms with Crippen LogP contribution >= 0.6 is 27.3 Å². The molecule has 1 aliphatic heterocycles. The second kappa shape index (κ2) is 11.0. The number of amides is 2. The number of hydrogen-bond acceptors (Lipinski definition) is 6. The van der Waals surface area contributed by atoms with E-state index in [4.69, 9.17) is 11.2 Å². The fourth-order valence-electron chi connectivity index (χ4n) is 3.77. The number of aromatic nitrogens is 1. The number of carbonyl (C=O) groups excluding carboxylic acids is 2. The minimum absolute atomic E-state index is 0.0674. The van der Waals surface area contributed by atoms with E-state index in [9.17, 15) is 18.0 Å². The number of fused-ring (bicyclic) bond motifs is 1. The standard InChI is InChI=1S/C24H23BrN4O5S2/c1-3-11-29-20-10-7-18(25)16-21(20)35-23(29)26-22(30)17-5-8-19(9-6-17)36(32,33)28-14-12-27(13-15-28)24(31)34-4-2/h1,5-10,16H,4,11-15H2,2H3. The minimum Gasteiger partial charge on any atom is -0.450 e. The maximum absolute atomic E-state index is 13.1. The molecular formula is C24H23BrN4O5S2. The van der Waals surface area contributed by atoms with Gasteiger partial charge in [0.2, 0.25) is 10.0 Å². The van der Waals surface area contributed by atoms with Crippen molar-refractivity contribution in [2.45, 2.75) is 18.4 Å². The molecule has 0 unspecified atom stereocenters. The Morgan fingerprint density at radius 2 is 1.83 bits per heavy atom. The summed E-state index contributed by atoms with van der Waals surface area (Å²) in [7, 11) is -3.78. The molecule has 0 aliphatic carbocycles. The number of rotatable bonds is 5. The highest BCUT2D eigenvalue weighted by Crippen LogP contribution is 2.23. The molecule has 4 rings (SSSR count). The van der Waals surface area contributed by atoms with Gasteiger partial charge in [-0.05, 0) is 49.4 Å². The Kier molecular flexibility index (Phi) is 7.94. The first-order valence-electron chi connectivity index (χ1n) is 11.1. The van der Waals surface area contributed by atoms with E-state index in [-0.39, 0.29) is 49.8 Å². The van der Waals surface area contributed by atoms with Gasteiger partial charge in [0.05, 0.1) is 28.3 Å². The van der Waals surface area contributed by atoms with Crippen molar-refractivity contribution in [1.82, 2.24) is 13.8 Å². The summed E-state index contributed by atoms with van der Waals surface area (Å²) in [6.07, 6.45) is 5.07. The van der Waals surface area contributed by atoms with Crippen molar-refractivity contribution in [1.29, 1.82) is 0 Å². The van der Waals surface area contributed by atoms with Gasteiger partial charge in [-0.15, -0.1) is 6.42 Å². The summed E-state index contributed by atoms with van der Waals surface area (Å²) in [5, 5.41) is 0. The number of sulfonamides is 1. The Morgan fingerprint density at radius 3 is 2.47 bits per heavy atom. The summed E-state index contributed by atoms with van der Waals surface area (Å²) >= 11 is 4.79. The highest BCUT2D eigenvalue weighted by molar-refractivity contribution is 9.10. The Balaban J connectivity index is 1.53. The maximum atomic E-state index is 13.1. The van der Waals surface area contributed by atoms with E-state index in [1.807, 2.05) is 18.2 Å². The van der Waals surface area contributed by atoms with Crippen molar-refractivity contribution < 1.29 is 22.7 Å². The van der Waals surface area contributed by atoms with Gasteiger partial charge < -0.3 is 14.2 Å². The van der Waals surface area contributed by atoms with Crippen molar-refractivity contribution in [3.05, 3.63) is 57.3 Å². The maximum Gasteiger partial charge on any atom is 0.409 e. The summed E-state index contributed by atoms with van der Waals surface area (Å²) in [5.41, 5.74) is 1.13. The molecule has 0 atom stereocenters. The van der Waals surface area contributed by atoms with Crippen LogP contribution in [0.1, 0.15) is 17.3 Å². The zero-order valence-corrected chi connectivity index (χ0v) is 22.6. The third-order valence-corrected chi connectivity index (χ3v) is 9.04. The van der Waals surface area contributed by atoms with Crippen molar-refractivity contribution in [2.75, 3.05) is 32.8 Å². The molecule has 12 heteroatoms. The summed E-state index contributed by atoms with van der Waals surface area (Å²) < 4.78 is 36.0. The minimum atomic E-state index is -3.78. The number of hydrogen-bond donors (Lipinski definition) is 0. The van der Waals surface area contributed by atoms with Crippen LogP contribution in [0.2, 0.25) is 0 Å². The quantitative estimate of drug-likeness (QED) is 0.424. The van der Waals surface area contributed by atoms with E-state index in [1.165, 1.54) is 44.8 Å². The lowest BCUT2D eigenvalue weighted by Gasteiger charge is -2.33. The van der Waals surface area contributed by atoms with E-state index < -0.39 is 22.0 Å². The molecule has 3 aromatic rings. The van der Waals surface area contributed by atoms with Crippen LogP contribution < -0.4 is 4.80 Å². The predicted octanol–water partition coefficient (Wildman–Crippen LogP) is 3.30. The fourth-order valence-corrected chi connectivity index (χ4v) is 6.77. The third-order valence-electron chi connectivity index (χ3n) is 5.60. The molecule has 1 fully saturated rings. The van der Waals surface area contributed by atoms with Gasteiger partial charge in [-0.3, -0.25) is 4.79 Å². The Hall–Kier alpha value is -2.98. The first kappa shape index (κ1) is 26.1. The summed E-state index contributed by atoms with van der Waals surface area (Å²) in [5.74, 6) is 2.09. The molecule has 1 aliphatic rings. The van der Waals surface area contributed by atoms with Gasteiger partial charge in [-0.2, -0.15) is 9.30 Å². The van der Waals surface area contributed by atoms with Gasteiger partial charge in [0.25, 0.3) is 5.91 Å². The number of nitrogens with zero attached hydrogens (tertiary/aromatic N) is 4. The van der Waals surface area contributed by atoms with Gasteiger partial charge in [-0.25, -0.2) is 13.2 Å². The number of halogens is 1. The zero-order valence-electron chi connectivity index (χ0n) is 19.4. The Bertz CT molecular complexity index is 1510. The SMILES string of the molecule is C#CCn1c(=NC(=O)c2ccc(S(=O)(=O)N3CCN(C(=O)OCC)CC3)cc2)sc2cc(Br)ccc21. The lowest BCUT2D eigenvalue weighted by Crippen LogP contribution is -2.50. The summed E-state index contributed by atoms with van der Waals surface area (Å²) in [6, 6.07) is 11.4. The first-order valence-corrected chi connectivity index (χ1v) is 14.1. The second-order valence-electron chi connectivity index (χ2n) is 7.82. The number of thiazole rings is 1. The first-order chi connectivity index (χ1) is 17.2. The van der Waals surface area contributed by atoms with Crippen LogP contribution in [0.5, 0.6) is 0 Å². The zero-order chi connectivity index (χ0) is 25.9. The average Bonchev–Trinajstić information content (AvgIpc) is 3.20. The molecule has 1 aromatic heterocycles. The molecule has 188 valence electrons. The van der Waals surface area contributed by atoms with Crippen molar-refractivity contribution in [3.63, 3.8) is 0 Å². The molecule has 2 aromatic carbocycles. The van der Waals surface area contributed by atoms with Crippen molar-refractivity contribution >= 4 is 59.5 Å². The van der Waals surface area contributed by atoms with E-state index in [0.29, 0.717) is 4.80 Å². The van der Waals surface area contributed by atoms with Crippen LogP contribution in [0.4, 0.5) is 4.79 Å². The van der Waals surface area contributed by atoms with E-state index >= 15 is 0 Å². The largest absolute Gasteiger partial charge is 0.450 e. The van der Waals surface area contributed by atoms with Gasteiger partial charge in [-0.1, -0.05) is 33.2 Å². The van der Waals surface area contributed by atoms with Gasteiger partial charge in [0.1, 0.15) is 0 Å². The van der Waals surface area contributed by atoms with E-state index in [0.717, 1.165) is 14.7 Å². The van der Waals surface area contributed by atoms with Crippen LogP contribution in [-0.2, 0) is 21.3 Å². The van der Waals surface area contributed by atoms with Crippen molar-refractivity contribution in [3.8, 4) is 12.3 Å². The highest BCUT2D eigenvalue weighted by atomic mass is 79.9. The van der Waals surface area contributed by atoms with E-state index in [2.05, 4.69) is 26.8 Å². The molecule has 0 bridgehead atoms. The lowest BCUT2D eigenvalue weighted by atomic mass is 10.2. The van der Waals surface area contributed by atoms with Gasteiger partial charge in [0, 0.05) is 36.2 Å². The molecular weight excluding hydrogens is 568 g/mol. The Morgan fingerprint density at radius 1 is 1.14 bits per heavy atom.